The Labute approximate surface area is 70.9 Å². The number of hydrogen-bond donors (Lipinski definition) is 3. The van der Waals surface area contributed by atoms with Crippen LogP contribution in [0.15, 0.2) is 0 Å². The molecular formula is C7H12N4O. The molecule has 1 atom stereocenters. The number of rotatable bonds is 3. The van der Waals surface area contributed by atoms with E-state index in [-0.39, 0.29) is 5.78 Å². The molecule has 1 aliphatic heterocycles. The number of carbonyl (C=O) groups is 1. The first-order valence-electron chi connectivity index (χ1n) is 3.88. The summed E-state index contributed by atoms with van der Waals surface area (Å²) in [5, 5.41) is 11.7. The number of Topliss-reactive ketones (excluding diaryl/α,β-unsaturated/α-hetero) is 1. The molecule has 0 aromatic carbocycles. The first kappa shape index (κ1) is 9.13. The molecule has 0 amide bonds. The molecule has 1 unspecified atom stereocenters. The van der Waals surface area contributed by atoms with E-state index >= 15 is 0 Å². The third kappa shape index (κ3) is 1.46. The Morgan fingerprint density at radius 2 is 2.58 bits per heavy atom. The summed E-state index contributed by atoms with van der Waals surface area (Å²) in [5.74, 6) is 5.04. The second-order valence-corrected chi connectivity index (χ2v) is 2.82. The van der Waals surface area contributed by atoms with Crippen LogP contribution in [-0.2, 0) is 4.79 Å². The summed E-state index contributed by atoms with van der Waals surface area (Å²) in [5.41, 5.74) is 1.45. The molecule has 5 heteroatoms. The standard InChI is InChI=1S/C7H12N4O/c8-5-7(2-4-11-9)6(12)1-3-10-7/h10-11H,1-4,9H2. The average Bonchev–Trinajstić information content (AvgIpc) is 2.45. The zero-order chi connectivity index (χ0) is 9.03. The lowest BCUT2D eigenvalue weighted by atomic mass is 9.94. The van der Waals surface area contributed by atoms with Gasteiger partial charge in [-0.15, -0.1) is 0 Å². The first-order chi connectivity index (χ1) is 5.75. The van der Waals surface area contributed by atoms with E-state index < -0.39 is 5.54 Å². The van der Waals surface area contributed by atoms with Gasteiger partial charge >= 0.3 is 0 Å². The Morgan fingerprint density at radius 3 is 3.00 bits per heavy atom. The van der Waals surface area contributed by atoms with Gasteiger partial charge in [-0.3, -0.25) is 21.4 Å². The lowest BCUT2D eigenvalue weighted by Gasteiger charge is -2.18. The summed E-state index contributed by atoms with van der Waals surface area (Å²) in [6, 6.07) is 2.01. The molecule has 1 heterocycles. The summed E-state index contributed by atoms with van der Waals surface area (Å²) in [4.78, 5) is 11.3. The van der Waals surface area contributed by atoms with Gasteiger partial charge in [0.2, 0.25) is 0 Å². The van der Waals surface area contributed by atoms with Crippen molar-refractivity contribution in [1.29, 1.82) is 5.26 Å². The van der Waals surface area contributed by atoms with Crippen molar-refractivity contribution in [2.24, 2.45) is 5.84 Å². The van der Waals surface area contributed by atoms with Gasteiger partial charge in [0.05, 0.1) is 6.07 Å². The molecule has 0 aromatic rings. The fourth-order valence-electron chi connectivity index (χ4n) is 1.35. The minimum Gasteiger partial charge on any atom is -0.296 e. The van der Waals surface area contributed by atoms with Crippen molar-refractivity contribution < 1.29 is 4.79 Å². The fraction of sp³-hybridized carbons (Fsp3) is 0.714. The maximum Gasteiger partial charge on any atom is 0.168 e. The number of carbonyl (C=O) groups excluding carboxylic acids is 1. The predicted molar refractivity (Wildman–Crippen MR) is 42.8 cm³/mol. The zero-order valence-corrected chi connectivity index (χ0v) is 6.76. The van der Waals surface area contributed by atoms with Gasteiger partial charge in [0, 0.05) is 19.5 Å². The van der Waals surface area contributed by atoms with E-state index in [1.165, 1.54) is 0 Å². The third-order valence-electron chi connectivity index (χ3n) is 2.09. The molecule has 0 aromatic heterocycles. The second-order valence-electron chi connectivity index (χ2n) is 2.82. The maximum atomic E-state index is 11.3. The van der Waals surface area contributed by atoms with E-state index in [9.17, 15) is 4.79 Å². The van der Waals surface area contributed by atoms with Crippen molar-refractivity contribution in [3.05, 3.63) is 0 Å². The zero-order valence-electron chi connectivity index (χ0n) is 6.76. The highest BCUT2D eigenvalue weighted by atomic mass is 16.1. The summed E-state index contributed by atoms with van der Waals surface area (Å²) in [7, 11) is 0. The molecule has 12 heavy (non-hydrogen) atoms. The first-order valence-corrected chi connectivity index (χ1v) is 3.88. The molecule has 1 fully saturated rings. The monoisotopic (exact) mass is 168 g/mol. The molecule has 5 nitrogen and oxygen atoms in total. The summed E-state index contributed by atoms with van der Waals surface area (Å²) < 4.78 is 0. The van der Waals surface area contributed by atoms with Gasteiger partial charge in [-0.1, -0.05) is 0 Å². The van der Waals surface area contributed by atoms with Gasteiger partial charge in [-0.05, 0) is 6.42 Å². The van der Waals surface area contributed by atoms with Gasteiger partial charge in [0.1, 0.15) is 0 Å². The molecule has 0 aliphatic carbocycles. The summed E-state index contributed by atoms with van der Waals surface area (Å²) in [6.45, 7) is 1.06. The van der Waals surface area contributed by atoms with Crippen molar-refractivity contribution in [2.45, 2.75) is 18.4 Å². The Balaban J connectivity index is 2.63. The molecule has 0 spiro atoms. The molecule has 1 rings (SSSR count). The Morgan fingerprint density at radius 1 is 1.83 bits per heavy atom. The second kappa shape index (κ2) is 3.63. The average molecular weight is 168 g/mol. The van der Waals surface area contributed by atoms with Crippen LogP contribution in [0.4, 0.5) is 0 Å². The topological polar surface area (TPSA) is 90.9 Å². The molecular weight excluding hydrogens is 156 g/mol. The number of nitrogens with one attached hydrogen (secondary N) is 2. The molecule has 1 aliphatic rings. The lowest BCUT2D eigenvalue weighted by Crippen LogP contribution is -2.46. The van der Waals surface area contributed by atoms with Crippen LogP contribution < -0.4 is 16.6 Å². The van der Waals surface area contributed by atoms with Crippen LogP contribution in [0.25, 0.3) is 0 Å². The van der Waals surface area contributed by atoms with E-state index in [0.717, 1.165) is 0 Å². The van der Waals surface area contributed by atoms with E-state index in [0.29, 0.717) is 25.9 Å². The third-order valence-corrected chi connectivity index (χ3v) is 2.09. The van der Waals surface area contributed by atoms with Gasteiger partial charge in [-0.2, -0.15) is 5.26 Å². The largest absolute Gasteiger partial charge is 0.296 e. The normalized spacial score (nSPS) is 28.8. The van der Waals surface area contributed by atoms with Gasteiger partial charge < -0.3 is 0 Å². The van der Waals surface area contributed by atoms with Crippen molar-refractivity contribution in [1.82, 2.24) is 10.7 Å². The maximum absolute atomic E-state index is 11.3. The van der Waals surface area contributed by atoms with Crippen LogP contribution >= 0.6 is 0 Å². The highest BCUT2D eigenvalue weighted by Gasteiger charge is 2.41. The Kier molecular flexibility index (Phi) is 2.76. The van der Waals surface area contributed by atoms with Crippen molar-refractivity contribution in [3.63, 3.8) is 0 Å². The number of ketones is 1. The highest BCUT2D eigenvalue weighted by Crippen LogP contribution is 2.17. The number of hydrogen-bond acceptors (Lipinski definition) is 5. The van der Waals surface area contributed by atoms with Crippen molar-refractivity contribution in [2.75, 3.05) is 13.1 Å². The van der Waals surface area contributed by atoms with Crippen LogP contribution in [0, 0.1) is 11.3 Å². The number of hydrazine groups is 1. The summed E-state index contributed by atoms with van der Waals surface area (Å²) in [6.07, 6.45) is 0.872. The number of nitrogens with two attached hydrogens (primary N) is 1. The number of nitriles is 1. The van der Waals surface area contributed by atoms with Gasteiger partial charge in [-0.25, -0.2) is 0 Å². The van der Waals surface area contributed by atoms with E-state index in [1.54, 1.807) is 0 Å². The molecule has 66 valence electrons. The Hall–Kier alpha value is -0.960. The van der Waals surface area contributed by atoms with Gasteiger partial charge in [0.25, 0.3) is 0 Å². The molecule has 0 radical (unpaired) electrons. The minimum absolute atomic E-state index is 0.0275. The van der Waals surface area contributed by atoms with Crippen LogP contribution in [0.1, 0.15) is 12.8 Å². The molecule has 0 saturated carbocycles. The molecule has 0 bridgehead atoms. The van der Waals surface area contributed by atoms with E-state index in [2.05, 4.69) is 10.7 Å². The fourth-order valence-corrected chi connectivity index (χ4v) is 1.35. The smallest absolute Gasteiger partial charge is 0.168 e. The van der Waals surface area contributed by atoms with Crippen LogP contribution in [0.2, 0.25) is 0 Å². The van der Waals surface area contributed by atoms with Gasteiger partial charge in [0.15, 0.2) is 11.3 Å². The lowest BCUT2D eigenvalue weighted by molar-refractivity contribution is -0.120. The van der Waals surface area contributed by atoms with E-state index in [4.69, 9.17) is 11.1 Å². The Bertz CT molecular complexity index is 222. The highest BCUT2D eigenvalue weighted by molar-refractivity contribution is 5.93. The van der Waals surface area contributed by atoms with Crippen molar-refractivity contribution >= 4 is 5.78 Å². The number of nitrogens with zero attached hydrogens (tertiary/aromatic N) is 1. The molecule has 1 saturated heterocycles. The SMILES string of the molecule is N#CC1(CCNN)NCCC1=O. The quantitative estimate of drug-likeness (QED) is 0.358. The van der Waals surface area contributed by atoms with Crippen LogP contribution in [-0.4, -0.2) is 24.4 Å². The van der Waals surface area contributed by atoms with Crippen LogP contribution in [0.3, 0.4) is 0 Å². The van der Waals surface area contributed by atoms with Crippen molar-refractivity contribution in [3.8, 4) is 6.07 Å². The minimum atomic E-state index is -0.980. The van der Waals surface area contributed by atoms with Crippen LogP contribution in [0.5, 0.6) is 0 Å². The summed E-state index contributed by atoms with van der Waals surface area (Å²) >= 11 is 0. The molecule has 4 N–H and O–H groups in total. The van der Waals surface area contributed by atoms with E-state index in [1.807, 2.05) is 6.07 Å². The predicted octanol–water partition coefficient (Wildman–Crippen LogP) is -1.34.